The highest BCUT2D eigenvalue weighted by Gasteiger charge is 2.23. The predicted molar refractivity (Wildman–Crippen MR) is 53.5 cm³/mol. The SMILES string of the molecule is CC(C)(S)CC(=O)N1CCCC1. The molecule has 1 amide bonds. The van der Waals surface area contributed by atoms with E-state index in [-0.39, 0.29) is 10.7 Å². The zero-order valence-corrected chi connectivity index (χ0v) is 8.73. The van der Waals surface area contributed by atoms with Gasteiger partial charge in [-0.3, -0.25) is 4.79 Å². The molecule has 1 saturated heterocycles. The third-order valence-electron chi connectivity index (χ3n) is 2.04. The van der Waals surface area contributed by atoms with Crippen molar-refractivity contribution in [2.24, 2.45) is 0 Å². The zero-order chi connectivity index (χ0) is 9.19. The van der Waals surface area contributed by atoms with Crippen molar-refractivity contribution in [1.29, 1.82) is 0 Å². The molecule has 0 aromatic rings. The number of carbonyl (C=O) groups excluding carboxylic acids is 1. The van der Waals surface area contributed by atoms with Gasteiger partial charge in [0.1, 0.15) is 0 Å². The van der Waals surface area contributed by atoms with Gasteiger partial charge < -0.3 is 4.90 Å². The van der Waals surface area contributed by atoms with E-state index in [0.29, 0.717) is 6.42 Å². The van der Waals surface area contributed by atoms with E-state index in [1.165, 1.54) is 12.8 Å². The first-order chi connectivity index (χ1) is 5.49. The second-order valence-corrected chi connectivity index (χ2v) is 5.29. The lowest BCUT2D eigenvalue weighted by atomic mass is 10.1. The van der Waals surface area contributed by atoms with Crippen LogP contribution >= 0.6 is 12.6 Å². The summed E-state index contributed by atoms with van der Waals surface area (Å²) in [4.78, 5) is 13.5. The number of thiol groups is 1. The minimum atomic E-state index is -0.167. The van der Waals surface area contributed by atoms with E-state index in [4.69, 9.17) is 0 Å². The Bertz CT molecular complexity index is 168. The largest absolute Gasteiger partial charge is 0.343 e. The molecular weight excluding hydrogens is 170 g/mol. The molecule has 0 saturated carbocycles. The van der Waals surface area contributed by atoms with Crippen molar-refractivity contribution in [1.82, 2.24) is 4.90 Å². The van der Waals surface area contributed by atoms with Crippen LogP contribution in [0, 0.1) is 0 Å². The fraction of sp³-hybridized carbons (Fsp3) is 0.889. The molecule has 0 radical (unpaired) electrons. The molecule has 0 aromatic carbocycles. The van der Waals surface area contributed by atoms with E-state index < -0.39 is 0 Å². The van der Waals surface area contributed by atoms with Gasteiger partial charge in [0.05, 0.1) is 0 Å². The minimum Gasteiger partial charge on any atom is -0.343 e. The van der Waals surface area contributed by atoms with E-state index in [1.54, 1.807) is 0 Å². The van der Waals surface area contributed by atoms with Crippen LogP contribution in [0.25, 0.3) is 0 Å². The van der Waals surface area contributed by atoms with E-state index in [1.807, 2.05) is 18.7 Å². The van der Waals surface area contributed by atoms with Crippen molar-refractivity contribution < 1.29 is 4.79 Å². The molecular formula is C9H17NOS. The van der Waals surface area contributed by atoms with Gasteiger partial charge in [0.25, 0.3) is 0 Å². The molecule has 0 atom stereocenters. The highest BCUT2D eigenvalue weighted by molar-refractivity contribution is 7.81. The summed E-state index contributed by atoms with van der Waals surface area (Å²) >= 11 is 4.34. The van der Waals surface area contributed by atoms with Crippen LogP contribution in [0.15, 0.2) is 0 Å². The Morgan fingerprint density at radius 2 is 1.92 bits per heavy atom. The van der Waals surface area contributed by atoms with Crippen molar-refractivity contribution in [2.45, 2.75) is 37.9 Å². The maximum Gasteiger partial charge on any atom is 0.223 e. The van der Waals surface area contributed by atoms with Gasteiger partial charge in [-0.1, -0.05) is 13.8 Å². The summed E-state index contributed by atoms with van der Waals surface area (Å²) in [5, 5.41) is 0. The fourth-order valence-electron chi connectivity index (χ4n) is 1.45. The first kappa shape index (κ1) is 9.90. The molecule has 2 nitrogen and oxygen atoms in total. The lowest BCUT2D eigenvalue weighted by Gasteiger charge is -2.21. The summed E-state index contributed by atoms with van der Waals surface area (Å²) < 4.78 is -0.167. The molecule has 1 fully saturated rings. The van der Waals surface area contributed by atoms with Crippen LogP contribution in [0.1, 0.15) is 33.1 Å². The van der Waals surface area contributed by atoms with E-state index in [2.05, 4.69) is 12.6 Å². The van der Waals surface area contributed by atoms with Crippen LogP contribution < -0.4 is 0 Å². The smallest absolute Gasteiger partial charge is 0.223 e. The quantitative estimate of drug-likeness (QED) is 0.653. The summed E-state index contributed by atoms with van der Waals surface area (Å²) in [6.45, 7) is 5.85. The number of carbonyl (C=O) groups is 1. The summed E-state index contributed by atoms with van der Waals surface area (Å²) in [6, 6.07) is 0. The number of hydrogen-bond acceptors (Lipinski definition) is 2. The van der Waals surface area contributed by atoms with Gasteiger partial charge in [0.15, 0.2) is 0 Å². The van der Waals surface area contributed by atoms with Gasteiger partial charge in [0.2, 0.25) is 5.91 Å². The van der Waals surface area contributed by atoms with Crippen LogP contribution in [-0.4, -0.2) is 28.6 Å². The van der Waals surface area contributed by atoms with Gasteiger partial charge in [-0.2, -0.15) is 12.6 Å². The average Bonchev–Trinajstić information content (AvgIpc) is 2.32. The Labute approximate surface area is 79.7 Å². The molecule has 12 heavy (non-hydrogen) atoms. The molecule has 1 aliphatic heterocycles. The van der Waals surface area contributed by atoms with Crippen LogP contribution in [0.4, 0.5) is 0 Å². The van der Waals surface area contributed by atoms with Gasteiger partial charge >= 0.3 is 0 Å². The van der Waals surface area contributed by atoms with Crippen molar-refractivity contribution in [3.8, 4) is 0 Å². The third kappa shape index (κ3) is 3.05. The number of hydrogen-bond donors (Lipinski definition) is 1. The second-order valence-electron chi connectivity index (χ2n) is 4.08. The maximum absolute atomic E-state index is 11.5. The predicted octanol–water partition coefficient (Wildman–Crippen LogP) is 1.71. The summed E-state index contributed by atoms with van der Waals surface area (Å²) in [6.07, 6.45) is 2.88. The van der Waals surface area contributed by atoms with Gasteiger partial charge in [-0.15, -0.1) is 0 Å². The number of rotatable bonds is 2. The van der Waals surface area contributed by atoms with Crippen molar-refractivity contribution >= 4 is 18.5 Å². The van der Waals surface area contributed by atoms with E-state index in [9.17, 15) is 4.79 Å². The van der Waals surface area contributed by atoms with Crippen molar-refractivity contribution in [3.63, 3.8) is 0 Å². The average molecular weight is 187 g/mol. The standard InChI is InChI=1S/C9H17NOS/c1-9(2,12)7-8(11)10-5-3-4-6-10/h12H,3-7H2,1-2H3. The molecule has 0 spiro atoms. The molecule has 3 heteroatoms. The first-order valence-electron chi connectivity index (χ1n) is 4.49. The van der Waals surface area contributed by atoms with Gasteiger partial charge in [-0.25, -0.2) is 0 Å². The summed E-state index contributed by atoms with van der Waals surface area (Å²) in [5.41, 5.74) is 0. The van der Waals surface area contributed by atoms with E-state index >= 15 is 0 Å². The Hall–Kier alpha value is -0.180. The van der Waals surface area contributed by atoms with Gasteiger partial charge in [-0.05, 0) is 12.8 Å². The van der Waals surface area contributed by atoms with Crippen LogP contribution in [0.2, 0.25) is 0 Å². The second kappa shape index (κ2) is 3.69. The van der Waals surface area contributed by atoms with Crippen LogP contribution in [-0.2, 0) is 4.79 Å². The zero-order valence-electron chi connectivity index (χ0n) is 7.84. The molecule has 0 aliphatic carbocycles. The topological polar surface area (TPSA) is 20.3 Å². The maximum atomic E-state index is 11.5. The molecule has 0 bridgehead atoms. The summed E-state index contributed by atoms with van der Waals surface area (Å²) in [7, 11) is 0. The fourth-order valence-corrected chi connectivity index (χ4v) is 1.58. The summed E-state index contributed by atoms with van der Waals surface area (Å²) in [5.74, 6) is 0.257. The van der Waals surface area contributed by atoms with Crippen LogP contribution in [0.5, 0.6) is 0 Å². The van der Waals surface area contributed by atoms with Crippen molar-refractivity contribution in [2.75, 3.05) is 13.1 Å². The highest BCUT2D eigenvalue weighted by atomic mass is 32.1. The number of likely N-dealkylation sites (tertiary alicyclic amines) is 1. The van der Waals surface area contributed by atoms with Gasteiger partial charge in [0, 0.05) is 24.3 Å². The van der Waals surface area contributed by atoms with Crippen molar-refractivity contribution in [3.05, 3.63) is 0 Å². The minimum absolute atomic E-state index is 0.167. The molecule has 1 heterocycles. The third-order valence-corrected chi connectivity index (χ3v) is 2.20. The monoisotopic (exact) mass is 187 g/mol. The normalized spacial score (nSPS) is 18.4. The Morgan fingerprint density at radius 1 is 1.42 bits per heavy atom. The number of amides is 1. The Morgan fingerprint density at radius 3 is 2.33 bits per heavy atom. The molecule has 0 N–H and O–H groups in total. The molecule has 70 valence electrons. The molecule has 0 unspecified atom stereocenters. The van der Waals surface area contributed by atoms with Crippen LogP contribution in [0.3, 0.4) is 0 Å². The Balaban J connectivity index is 2.37. The highest BCUT2D eigenvalue weighted by Crippen LogP contribution is 2.20. The first-order valence-corrected chi connectivity index (χ1v) is 4.94. The molecule has 0 aromatic heterocycles. The molecule has 1 aliphatic rings. The number of nitrogens with zero attached hydrogens (tertiary/aromatic N) is 1. The Kier molecular flexibility index (Phi) is 3.04. The molecule has 1 rings (SSSR count). The van der Waals surface area contributed by atoms with E-state index in [0.717, 1.165) is 13.1 Å². The lowest BCUT2D eigenvalue weighted by molar-refractivity contribution is -0.130. The lowest BCUT2D eigenvalue weighted by Crippen LogP contribution is -2.32.